The van der Waals surface area contributed by atoms with E-state index in [1.54, 1.807) is 31.2 Å². The van der Waals surface area contributed by atoms with E-state index < -0.39 is 12.0 Å². The first kappa shape index (κ1) is 15.0. The number of benzene rings is 1. The number of carbonyl (C=O) groups is 3. The molecule has 1 unspecified atom stereocenters. The molecule has 0 bridgehead atoms. The Bertz CT molecular complexity index is 549. The first-order chi connectivity index (χ1) is 10.1. The number of amides is 2. The summed E-state index contributed by atoms with van der Waals surface area (Å²) >= 11 is 0. The third-order valence-electron chi connectivity index (χ3n) is 3.01. The van der Waals surface area contributed by atoms with Crippen LogP contribution in [0.5, 0.6) is 0 Å². The van der Waals surface area contributed by atoms with Gasteiger partial charge in [0.1, 0.15) is 6.04 Å². The average Bonchev–Trinajstić information content (AvgIpc) is 2.48. The van der Waals surface area contributed by atoms with Gasteiger partial charge in [0.2, 0.25) is 11.8 Å². The minimum absolute atomic E-state index is 0.0949. The quantitative estimate of drug-likeness (QED) is 0.673. The standard InChI is InChI=1S/C14H17N3O4/c1-2-21-14(20)9-5-3-4-6-10(9)17-13(19)11-7-16-12(18)8-15-11/h3-6,11,15H,2,7-8H2,1H3,(H,16,18)(H,17,19). The zero-order valence-corrected chi connectivity index (χ0v) is 11.6. The number of hydrogen-bond donors (Lipinski definition) is 3. The van der Waals surface area contributed by atoms with Crippen molar-refractivity contribution in [3.05, 3.63) is 29.8 Å². The summed E-state index contributed by atoms with van der Waals surface area (Å²) in [5, 5.41) is 8.11. The molecule has 1 saturated heterocycles. The van der Waals surface area contributed by atoms with E-state index in [1.807, 2.05) is 0 Å². The zero-order valence-electron chi connectivity index (χ0n) is 11.6. The number of anilines is 1. The lowest BCUT2D eigenvalue weighted by molar-refractivity contribution is -0.124. The summed E-state index contributed by atoms with van der Waals surface area (Å²) in [7, 11) is 0. The number of para-hydroxylation sites is 1. The molecule has 7 nitrogen and oxygen atoms in total. The minimum atomic E-state index is -0.530. The van der Waals surface area contributed by atoms with Crippen LogP contribution in [-0.2, 0) is 14.3 Å². The Morgan fingerprint density at radius 3 is 2.81 bits per heavy atom. The van der Waals surface area contributed by atoms with E-state index in [0.717, 1.165) is 0 Å². The monoisotopic (exact) mass is 291 g/mol. The van der Waals surface area contributed by atoms with Crippen molar-refractivity contribution in [2.24, 2.45) is 0 Å². The Morgan fingerprint density at radius 2 is 2.14 bits per heavy atom. The number of hydrogen-bond acceptors (Lipinski definition) is 5. The highest BCUT2D eigenvalue weighted by Crippen LogP contribution is 2.16. The van der Waals surface area contributed by atoms with Crippen LogP contribution in [-0.4, -0.2) is 43.5 Å². The molecule has 21 heavy (non-hydrogen) atoms. The molecule has 1 aromatic rings. The smallest absolute Gasteiger partial charge is 0.340 e. The summed E-state index contributed by atoms with van der Waals surface area (Å²) in [6.07, 6.45) is 0. The van der Waals surface area contributed by atoms with Crippen LogP contribution >= 0.6 is 0 Å². The van der Waals surface area contributed by atoms with Gasteiger partial charge < -0.3 is 15.4 Å². The maximum absolute atomic E-state index is 12.1. The van der Waals surface area contributed by atoms with E-state index >= 15 is 0 Å². The molecule has 7 heteroatoms. The summed E-state index contributed by atoms with van der Waals surface area (Å²) in [5.41, 5.74) is 0.687. The molecule has 112 valence electrons. The van der Waals surface area contributed by atoms with Crippen molar-refractivity contribution in [1.82, 2.24) is 10.6 Å². The number of ether oxygens (including phenoxy) is 1. The van der Waals surface area contributed by atoms with Crippen molar-refractivity contribution < 1.29 is 19.1 Å². The van der Waals surface area contributed by atoms with Crippen LogP contribution in [0.25, 0.3) is 0 Å². The van der Waals surface area contributed by atoms with E-state index in [4.69, 9.17) is 4.74 Å². The van der Waals surface area contributed by atoms with Crippen LogP contribution in [0.15, 0.2) is 24.3 Å². The molecule has 0 spiro atoms. The van der Waals surface area contributed by atoms with Crippen LogP contribution in [0, 0.1) is 0 Å². The summed E-state index contributed by atoms with van der Waals surface area (Å²) in [6.45, 7) is 2.29. The second-order valence-corrected chi connectivity index (χ2v) is 4.49. The molecule has 1 fully saturated rings. The predicted molar refractivity (Wildman–Crippen MR) is 75.8 cm³/mol. The molecule has 1 heterocycles. The maximum atomic E-state index is 12.1. The van der Waals surface area contributed by atoms with Gasteiger partial charge in [0.25, 0.3) is 0 Å². The van der Waals surface area contributed by atoms with E-state index in [9.17, 15) is 14.4 Å². The molecule has 2 rings (SSSR count). The Kier molecular flexibility index (Phi) is 4.89. The molecule has 1 aliphatic rings. The lowest BCUT2D eigenvalue weighted by Gasteiger charge is -2.23. The lowest BCUT2D eigenvalue weighted by Crippen LogP contribution is -2.56. The van der Waals surface area contributed by atoms with Gasteiger partial charge >= 0.3 is 5.97 Å². The second-order valence-electron chi connectivity index (χ2n) is 4.49. The lowest BCUT2D eigenvalue weighted by atomic mass is 10.1. The van der Waals surface area contributed by atoms with E-state index in [1.165, 1.54) is 0 Å². The molecule has 0 radical (unpaired) electrons. The highest BCUT2D eigenvalue weighted by Gasteiger charge is 2.24. The van der Waals surface area contributed by atoms with Gasteiger partial charge in [-0.25, -0.2) is 4.79 Å². The summed E-state index contributed by atoms with van der Waals surface area (Å²) < 4.78 is 4.95. The van der Waals surface area contributed by atoms with E-state index in [2.05, 4.69) is 16.0 Å². The summed E-state index contributed by atoms with van der Waals surface area (Å²) in [5.74, 6) is -0.948. The van der Waals surface area contributed by atoms with Gasteiger partial charge in [-0.05, 0) is 19.1 Å². The van der Waals surface area contributed by atoms with Gasteiger partial charge in [0.05, 0.1) is 24.4 Å². The summed E-state index contributed by atoms with van der Waals surface area (Å²) in [4.78, 5) is 35.0. The molecule has 3 N–H and O–H groups in total. The molecular weight excluding hydrogens is 274 g/mol. The van der Waals surface area contributed by atoms with Crippen molar-refractivity contribution >= 4 is 23.5 Å². The maximum Gasteiger partial charge on any atom is 0.340 e. The SMILES string of the molecule is CCOC(=O)c1ccccc1NC(=O)C1CNC(=O)CN1. The Balaban J connectivity index is 2.07. The van der Waals surface area contributed by atoms with Crippen molar-refractivity contribution in [3.8, 4) is 0 Å². The average molecular weight is 291 g/mol. The van der Waals surface area contributed by atoms with Gasteiger partial charge in [-0.15, -0.1) is 0 Å². The normalized spacial score (nSPS) is 17.8. The number of carbonyl (C=O) groups excluding carboxylic acids is 3. The topological polar surface area (TPSA) is 96.5 Å². The summed E-state index contributed by atoms with van der Waals surface area (Å²) in [6, 6.07) is 6.10. The first-order valence-electron chi connectivity index (χ1n) is 6.69. The molecule has 0 aliphatic carbocycles. The van der Waals surface area contributed by atoms with Crippen LogP contribution in [0.4, 0.5) is 5.69 Å². The number of esters is 1. The third-order valence-corrected chi connectivity index (χ3v) is 3.01. The van der Waals surface area contributed by atoms with Crippen molar-refractivity contribution in [1.29, 1.82) is 0 Å². The number of rotatable bonds is 4. The fraction of sp³-hybridized carbons (Fsp3) is 0.357. The predicted octanol–water partition coefficient (Wildman–Crippen LogP) is -0.110. The van der Waals surface area contributed by atoms with E-state index in [0.29, 0.717) is 11.3 Å². The van der Waals surface area contributed by atoms with E-state index in [-0.39, 0.29) is 31.5 Å². The molecule has 1 aromatic carbocycles. The van der Waals surface area contributed by atoms with Crippen LogP contribution < -0.4 is 16.0 Å². The van der Waals surface area contributed by atoms with Crippen molar-refractivity contribution in [2.75, 3.05) is 25.0 Å². The van der Waals surface area contributed by atoms with Crippen LogP contribution in [0.1, 0.15) is 17.3 Å². The molecule has 0 saturated carbocycles. The Hall–Kier alpha value is -2.41. The Morgan fingerprint density at radius 1 is 1.38 bits per heavy atom. The highest BCUT2D eigenvalue weighted by molar-refractivity contribution is 6.03. The fourth-order valence-electron chi connectivity index (χ4n) is 1.95. The fourth-order valence-corrected chi connectivity index (χ4v) is 1.95. The van der Waals surface area contributed by atoms with Crippen molar-refractivity contribution in [2.45, 2.75) is 13.0 Å². The van der Waals surface area contributed by atoms with Crippen LogP contribution in [0.2, 0.25) is 0 Å². The Labute approximate surface area is 122 Å². The highest BCUT2D eigenvalue weighted by atomic mass is 16.5. The van der Waals surface area contributed by atoms with Gasteiger partial charge in [-0.2, -0.15) is 0 Å². The molecule has 1 aliphatic heterocycles. The molecule has 0 aromatic heterocycles. The van der Waals surface area contributed by atoms with Gasteiger partial charge in [0.15, 0.2) is 0 Å². The number of nitrogens with one attached hydrogen (secondary N) is 3. The second kappa shape index (κ2) is 6.85. The van der Waals surface area contributed by atoms with Crippen molar-refractivity contribution in [3.63, 3.8) is 0 Å². The van der Waals surface area contributed by atoms with Crippen LogP contribution in [0.3, 0.4) is 0 Å². The minimum Gasteiger partial charge on any atom is -0.462 e. The van der Waals surface area contributed by atoms with Gasteiger partial charge in [0, 0.05) is 6.54 Å². The molecular formula is C14H17N3O4. The number of piperazine rings is 1. The van der Waals surface area contributed by atoms with Gasteiger partial charge in [-0.3, -0.25) is 14.9 Å². The first-order valence-corrected chi connectivity index (χ1v) is 6.69. The molecule has 1 atom stereocenters. The van der Waals surface area contributed by atoms with Gasteiger partial charge in [-0.1, -0.05) is 12.1 Å². The largest absolute Gasteiger partial charge is 0.462 e. The molecule has 2 amide bonds. The third kappa shape index (κ3) is 3.79. The zero-order chi connectivity index (χ0) is 15.2.